The smallest absolute Gasteiger partial charge is 0.0640 e. The fourth-order valence-corrected chi connectivity index (χ4v) is 3.82. The molecule has 1 aliphatic carbocycles. The van der Waals surface area contributed by atoms with E-state index in [4.69, 9.17) is 23.2 Å². The third-order valence-corrected chi connectivity index (χ3v) is 5.11. The maximum atomic E-state index is 6.37. The lowest BCUT2D eigenvalue weighted by Crippen LogP contribution is -2.62. The minimum absolute atomic E-state index is 0.290. The minimum atomic E-state index is 0.290. The van der Waals surface area contributed by atoms with E-state index in [0.717, 1.165) is 28.8 Å². The van der Waals surface area contributed by atoms with Crippen molar-refractivity contribution in [1.82, 2.24) is 5.32 Å². The molecule has 2 aliphatic rings. The Hall–Kier alpha value is -0.440. The fraction of sp³-hybridized carbons (Fsp3) is 0.600. The van der Waals surface area contributed by atoms with E-state index in [-0.39, 0.29) is 5.54 Å². The number of rotatable bonds is 1. The first-order valence-corrected chi connectivity index (χ1v) is 7.82. The molecule has 1 heterocycles. The molecule has 0 bridgehead atoms. The first kappa shape index (κ1) is 13.5. The summed E-state index contributed by atoms with van der Waals surface area (Å²) in [5.74, 6) is 0. The number of piperazine rings is 1. The van der Waals surface area contributed by atoms with Gasteiger partial charge in [0.05, 0.1) is 10.7 Å². The Balaban J connectivity index is 1.91. The van der Waals surface area contributed by atoms with Crippen LogP contribution in [0, 0.1) is 0 Å². The molecule has 0 radical (unpaired) electrons. The van der Waals surface area contributed by atoms with E-state index in [1.54, 1.807) is 0 Å². The standard InChI is InChI=1S/C15H20Cl2N2/c1-11-9-18-15(6-2-3-7-15)10-19(11)14-8-12(16)4-5-13(14)17/h4-5,8,11,18H,2-3,6-7,9-10H2,1H3. The van der Waals surface area contributed by atoms with Crippen molar-refractivity contribution in [3.63, 3.8) is 0 Å². The predicted molar refractivity (Wildman–Crippen MR) is 82.5 cm³/mol. The summed E-state index contributed by atoms with van der Waals surface area (Å²) in [5, 5.41) is 5.31. The zero-order valence-electron chi connectivity index (χ0n) is 11.3. The lowest BCUT2D eigenvalue weighted by molar-refractivity contribution is 0.276. The summed E-state index contributed by atoms with van der Waals surface area (Å²) in [4.78, 5) is 2.43. The molecule has 1 saturated carbocycles. The highest BCUT2D eigenvalue weighted by atomic mass is 35.5. The summed E-state index contributed by atoms with van der Waals surface area (Å²) in [6, 6.07) is 6.19. The van der Waals surface area contributed by atoms with Gasteiger partial charge in [-0.2, -0.15) is 0 Å². The molecule has 1 aromatic carbocycles. The molecular formula is C15H20Cl2N2. The number of halogens is 2. The van der Waals surface area contributed by atoms with Crippen LogP contribution in [-0.4, -0.2) is 24.7 Å². The molecule has 1 unspecified atom stereocenters. The SMILES string of the molecule is CC1CNC2(CCCC2)CN1c1cc(Cl)ccc1Cl. The van der Waals surface area contributed by atoms with Crippen LogP contribution in [0.25, 0.3) is 0 Å². The second kappa shape index (κ2) is 5.16. The molecular weight excluding hydrogens is 279 g/mol. The molecule has 1 saturated heterocycles. The van der Waals surface area contributed by atoms with Crippen molar-refractivity contribution in [3.05, 3.63) is 28.2 Å². The number of nitrogens with zero attached hydrogens (tertiary/aromatic N) is 1. The average molecular weight is 299 g/mol. The van der Waals surface area contributed by atoms with Crippen LogP contribution in [0.1, 0.15) is 32.6 Å². The Labute approximate surface area is 125 Å². The quantitative estimate of drug-likeness (QED) is 0.839. The topological polar surface area (TPSA) is 15.3 Å². The van der Waals surface area contributed by atoms with Crippen LogP contribution in [-0.2, 0) is 0 Å². The lowest BCUT2D eigenvalue weighted by Gasteiger charge is -2.46. The minimum Gasteiger partial charge on any atom is -0.364 e. The van der Waals surface area contributed by atoms with Gasteiger partial charge in [-0.3, -0.25) is 0 Å². The van der Waals surface area contributed by atoms with Crippen molar-refractivity contribution in [2.45, 2.75) is 44.2 Å². The highest BCUT2D eigenvalue weighted by Gasteiger charge is 2.40. The zero-order valence-corrected chi connectivity index (χ0v) is 12.8. The first-order chi connectivity index (χ1) is 9.10. The normalized spacial score (nSPS) is 26.1. The summed E-state index contributed by atoms with van der Waals surface area (Å²) >= 11 is 12.5. The molecule has 4 heteroatoms. The largest absolute Gasteiger partial charge is 0.364 e. The summed E-state index contributed by atoms with van der Waals surface area (Å²) in [5.41, 5.74) is 1.37. The van der Waals surface area contributed by atoms with E-state index in [1.807, 2.05) is 18.2 Å². The molecule has 19 heavy (non-hydrogen) atoms. The molecule has 0 amide bonds. The zero-order chi connectivity index (χ0) is 13.5. The van der Waals surface area contributed by atoms with Crippen molar-refractivity contribution < 1.29 is 0 Å². The molecule has 1 spiro atoms. The van der Waals surface area contributed by atoms with E-state index in [2.05, 4.69) is 17.1 Å². The van der Waals surface area contributed by atoms with Gasteiger partial charge in [-0.1, -0.05) is 36.0 Å². The van der Waals surface area contributed by atoms with Gasteiger partial charge < -0.3 is 10.2 Å². The molecule has 1 aliphatic heterocycles. The van der Waals surface area contributed by atoms with E-state index >= 15 is 0 Å². The Kier molecular flexibility index (Phi) is 3.67. The molecule has 1 N–H and O–H groups in total. The van der Waals surface area contributed by atoms with Gasteiger partial charge >= 0.3 is 0 Å². The van der Waals surface area contributed by atoms with Crippen molar-refractivity contribution >= 4 is 28.9 Å². The lowest BCUT2D eigenvalue weighted by atomic mass is 9.92. The number of nitrogens with one attached hydrogen (secondary N) is 1. The monoisotopic (exact) mass is 298 g/mol. The van der Waals surface area contributed by atoms with Crippen LogP contribution in [0.2, 0.25) is 10.0 Å². The second-order valence-electron chi connectivity index (χ2n) is 5.94. The van der Waals surface area contributed by atoms with Gasteiger partial charge in [-0.05, 0) is 38.0 Å². The van der Waals surface area contributed by atoms with E-state index in [9.17, 15) is 0 Å². The molecule has 0 aromatic heterocycles. The van der Waals surface area contributed by atoms with Gasteiger partial charge in [0, 0.05) is 29.7 Å². The second-order valence-corrected chi connectivity index (χ2v) is 6.78. The van der Waals surface area contributed by atoms with Gasteiger partial charge in [0.15, 0.2) is 0 Å². The molecule has 1 atom stereocenters. The van der Waals surface area contributed by atoms with E-state index < -0.39 is 0 Å². The van der Waals surface area contributed by atoms with Crippen molar-refractivity contribution in [3.8, 4) is 0 Å². The van der Waals surface area contributed by atoms with Crippen molar-refractivity contribution in [2.75, 3.05) is 18.0 Å². The third kappa shape index (κ3) is 2.58. The summed E-state index contributed by atoms with van der Waals surface area (Å²) < 4.78 is 0. The third-order valence-electron chi connectivity index (χ3n) is 4.56. The van der Waals surface area contributed by atoms with Crippen molar-refractivity contribution in [1.29, 1.82) is 0 Å². The average Bonchev–Trinajstić information content (AvgIpc) is 2.84. The Morgan fingerprint density at radius 1 is 1.26 bits per heavy atom. The summed E-state index contributed by atoms with van der Waals surface area (Å²) in [7, 11) is 0. The Bertz CT molecular complexity index is 469. The summed E-state index contributed by atoms with van der Waals surface area (Å²) in [6.07, 6.45) is 5.21. The number of hydrogen-bond donors (Lipinski definition) is 1. The van der Waals surface area contributed by atoms with Crippen LogP contribution in [0.3, 0.4) is 0 Å². The maximum absolute atomic E-state index is 6.37. The number of benzene rings is 1. The first-order valence-electron chi connectivity index (χ1n) is 7.06. The van der Waals surface area contributed by atoms with Gasteiger partial charge in [0.25, 0.3) is 0 Å². The highest BCUT2D eigenvalue weighted by molar-refractivity contribution is 6.35. The van der Waals surface area contributed by atoms with Crippen LogP contribution in [0.4, 0.5) is 5.69 Å². The van der Waals surface area contributed by atoms with Crippen LogP contribution in [0.15, 0.2) is 18.2 Å². The molecule has 2 nitrogen and oxygen atoms in total. The van der Waals surface area contributed by atoms with Crippen molar-refractivity contribution in [2.24, 2.45) is 0 Å². The molecule has 2 fully saturated rings. The highest BCUT2D eigenvalue weighted by Crippen LogP contribution is 2.37. The van der Waals surface area contributed by atoms with E-state index in [1.165, 1.54) is 25.7 Å². The van der Waals surface area contributed by atoms with E-state index in [0.29, 0.717) is 6.04 Å². The number of hydrogen-bond acceptors (Lipinski definition) is 2. The molecule has 1 aromatic rings. The Morgan fingerprint density at radius 2 is 2.00 bits per heavy atom. The van der Waals surface area contributed by atoms with Crippen LogP contribution in [0.5, 0.6) is 0 Å². The van der Waals surface area contributed by atoms with Gasteiger partial charge in [-0.15, -0.1) is 0 Å². The maximum Gasteiger partial charge on any atom is 0.0640 e. The number of anilines is 1. The summed E-state index contributed by atoms with van der Waals surface area (Å²) in [6.45, 7) is 4.29. The van der Waals surface area contributed by atoms with Gasteiger partial charge in [-0.25, -0.2) is 0 Å². The van der Waals surface area contributed by atoms with Crippen LogP contribution >= 0.6 is 23.2 Å². The fourth-order valence-electron chi connectivity index (χ4n) is 3.43. The Morgan fingerprint density at radius 3 is 2.74 bits per heavy atom. The molecule has 3 rings (SSSR count). The van der Waals surface area contributed by atoms with Gasteiger partial charge in [0.2, 0.25) is 0 Å². The predicted octanol–water partition coefficient (Wildman–Crippen LogP) is 4.10. The van der Waals surface area contributed by atoms with Crippen LogP contribution < -0.4 is 10.2 Å². The molecule has 104 valence electrons. The van der Waals surface area contributed by atoms with Gasteiger partial charge in [0.1, 0.15) is 0 Å².